The molecule has 2 atom stereocenters. The summed E-state index contributed by atoms with van der Waals surface area (Å²) in [6.45, 7) is 6.65. The van der Waals surface area contributed by atoms with Crippen LogP contribution in [0.25, 0.3) is 16.0 Å². The summed E-state index contributed by atoms with van der Waals surface area (Å²) in [5.74, 6) is -0.393. The van der Waals surface area contributed by atoms with Crippen LogP contribution in [-0.2, 0) is 12.2 Å². The highest BCUT2D eigenvalue weighted by molar-refractivity contribution is 7.17. The fourth-order valence-corrected chi connectivity index (χ4v) is 5.93. The van der Waals surface area contributed by atoms with Crippen molar-refractivity contribution in [3.63, 3.8) is 0 Å². The van der Waals surface area contributed by atoms with Crippen molar-refractivity contribution >= 4 is 37.5 Å². The van der Waals surface area contributed by atoms with E-state index in [-0.39, 0.29) is 16.2 Å². The molecule has 3 heterocycles. The van der Waals surface area contributed by atoms with Crippen molar-refractivity contribution in [2.45, 2.75) is 25.2 Å². The van der Waals surface area contributed by atoms with Crippen molar-refractivity contribution in [1.82, 2.24) is 19.4 Å². The molecular weight excluding hydrogens is 527 g/mol. The molecule has 0 saturated carbocycles. The van der Waals surface area contributed by atoms with Gasteiger partial charge < -0.3 is 15.4 Å². The number of rotatable bonds is 8. The Hall–Kier alpha value is -2.91. The largest absolute Gasteiger partial charge is 0.484 e. The average molecular weight is 558 g/mol. The monoisotopic (exact) mass is 557 g/mol. The van der Waals surface area contributed by atoms with Crippen molar-refractivity contribution in [1.29, 1.82) is 0 Å². The van der Waals surface area contributed by atoms with E-state index in [1.165, 1.54) is 23.0 Å². The third-order valence-corrected chi connectivity index (χ3v) is 8.26. The van der Waals surface area contributed by atoms with Crippen LogP contribution in [0, 0.1) is 0 Å². The lowest BCUT2D eigenvalue weighted by atomic mass is 10.0. The van der Waals surface area contributed by atoms with Crippen LogP contribution in [0.5, 0.6) is 5.75 Å². The molecule has 1 saturated heterocycles. The fourth-order valence-electron chi connectivity index (χ4n) is 4.74. The van der Waals surface area contributed by atoms with Gasteiger partial charge in [-0.2, -0.15) is 8.78 Å². The fraction of sp³-hybridized carbons (Fsp3) is 0.333. The standard InChI is InChI=1S/C27H30F2N5O2PS/c1-17(19-5-3-4-6-20(19)27(28,29)37)36-23-14-24(38-25(23)26(30)35)34-16-31-21-8-7-18(13-22(21)34)15-33-11-9-32(2)10-12-33/h3-8,13-14,16-17H,9-12,15,37H2,1-2H3,(H2,30,35). The Morgan fingerprint density at radius 3 is 2.63 bits per heavy atom. The predicted octanol–water partition coefficient (Wildman–Crippen LogP) is 5.00. The minimum Gasteiger partial charge on any atom is -0.484 e. The molecule has 200 valence electrons. The number of alkyl halides is 2. The molecule has 2 aromatic heterocycles. The first-order valence-corrected chi connectivity index (χ1v) is 13.7. The predicted molar refractivity (Wildman–Crippen MR) is 149 cm³/mol. The average Bonchev–Trinajstić information content (AvgIpc) is 3.49. The van der Waals surface area contributed by atoms with Crippen LogP contribution in [-0.4, -0.2) is 58.5 Å². The van der Waals surface area contributed by atoms with Crippen LogP contribution >= 0.6 is 20.6 Å². The van der Waals surface area contributed by atoms with Gasteiger partial charge in [-0.05, 0) is 31.7 Å². The van der Waals surface area contributed by atoms with Gasteiger partial charge in [-0.3, -0.25) is 14.3 Å². The lowest BCUT2D eigenvalue weighted by Crippen LogP contribution is -2.43. The van der Waals surface area contributed by atoms with Crippen molar-refractivity contribution in [2.75, 3.05) is 33.2 Å². The number of amides is 1. The van der Waals surface area contributed by atoms with Crippen molar-refractivity contribution < 1.29 is 18.3 Å². The topological polar surface area (TPSA) is 76.6 Å². The number of aromatic nitrogens is 2. The quantitative estimate of drug-likeness (QED) is 0.309. The molecule has 0 bridgehead atoms. The summed E-state index contributed by atoms with van der Waals surface area (Å²) in [6, 6.07) is 14.1. The number of benzene rings is 2. The molecule has 1 amide bonds. The van der Waals surface area contributed by atoms with Gasteiger partial charge in [0.1, 0.15) is 28.1 Å². The summed E-state index contributed by atoms with van der Waals surface area (Å²) < 4.78 is 36.3. The Balaban J connectivity index is 1.44. The molecule has 0 spiro atoms. The Morgan fingerprint density at radius 2 is 1.92 bits per heavy atom. The second kappa shape index (κ2) is 10.7. The highest BCUT2D eigenvalue weighted by Gasteiger charge is 2.30. The van der Waals surface area contributed by atoms with Gasteiger partial charge in [0.15, 0.2) is 0 Å². The van der Waals surface area contributed by atoms with Crippen molar-refractivity contribution in [3.8, 4) is 10.8 Å². The zero-order chi connectivity index (χ0) is 27.0. The van der Waals surface area contributed by atoms with E-state index < -0.39 is 17.7 Å². The molecule has 0 aliphatic carbocycles. The van der Waals surface area contributed by atoms with E-state index in [2.05, 4.69) is 34.0 Å². The van der Waals surface area contributed by atoms with Crippen LogP contribution in [0.4, 0.5) is 8.78 Å². The molecule has 1 aliphatic heterocycles. The van der Waals surface area contributed by atoms with E-state index in [1.807, 2.05) is 10.6 Å². The molecule has 0 radical (unpaired) electrons. The lowest BCUT2D eigenvalue weighted by molar-refractivity contribution is 0.0970. The maximum Gasteiger partial charge on any atom is 0.284 e. The molecule has 2 N–H and O–H groups in total. The van der Waals surface area contributed by atoms with E-state index in [1.54, 1.807) is 46.8 Å². The number of nitrogens with zero attached hydrogens (tertiary/aromatic N) is 4. The smallest absolute Gasteiger partial charge is 0.284 e. The number of imidazole rings is 1. The van der Waals surface area contributed by atoms with Gasteiger partial charge in [-0.25, -0.2) is 4.98 Å². The number of carbonyl (C=O) groups is 1. The Bertz CT molecular complexity index is 1460. The molecule has 1 aliphatic rings. The van der Waals surface area contributed by atoms with Crippen LogP contribution in [0.15, 0.2) is 54.9 Å². The Kier molecular flexibility index (Phi) is 7.51. The number of carbonyl (C=O) groups excluding carboxylic acids is 1. The summed E-state index contributed by atoms with van der Waals surface area (Å²) >= 11 is 1.18. The third kappa shape index (κ3) is 5.59. The van der Waals surface area contributed by atoms with Gasteiger partial charge in [-0.15, -0.1) is 11.3 Å². The number of fused-ring (bicyclic) bond motifs is 1. The van der Waals surface area contributed by atoms with Crippen LogP contribution in [0.3, 0.4) is 0 Å². The van der Waals surface area contributed by atoms with Gasteiger partial charge in [0, 0.05) is 49.9 Å². The van der Waals surface area contributed by atoms with Crippen molar-refractivity contribution in [3.05, 3.63) is 76.4 Å². The highest BCUT2D eigenvalue weighted by Crippen LogP contribution is 2.41. The van der Waals surface area contributed by atoms with E-state index in [0.717, 1.165) is 43.8 Å². The first-order chi connectivity index (χ1) is 18.1. The first kappa shape index (κ1) is 26.7. The summed E-state index contributed by atoms with van der Waals surface area (Å²) in [6.07, 6.45) is 0.964. The highest BCUT2D eigenvalue weighted by atomic mass is 32.1. The summed E-state index contributed by atoms with van der Waals surface area (Å²) in [7, 11) is 3.70. The number of ether oxygens (including phenoxy) is 1. The van der Waals surface area contributed by atoms with Gasteiger partial charge in [0.2, 0.25) is 0 Å². The normalized spacial score (nSPS) is 16.1. The van der Waals surface area contributed by atoms with E-state index in [0.29, 0.717) is 10.6 Å². The number of hydrogen-bond donors (Lipinski definition) is 1. The SMILES string of the molecule is CC(Oc1cc(-n2cnc3ccc(CN4CCN(C)CC4)cc32)sc1C(N)=O)c1ccccc1C(F)(F)P. The zero-order valence-electron chi connectivity index (χ0n) is 21.2. The first-order valence-electron chi connectivity index (χ1n) is 12.3. The second-order valence-corrected chi connectivity index (χ2v) is 11.4. The van der Waals surface area contributed by atoms with Gasteiger partial charge in [0.05, 0.1) is 11.0 Å². The molecule has 38 heavy (non-hydrogen) atoms. The van der Waals surface area contributed by atoms with Crippen LogP contribution < -0.4 is 10.5 Å². The number of primary amides is 1. The minimum absolute atomic E-state index is 0.151. The molecule has 2 unspecified atom stereocenters. The number of hydrogen-bond acceptors (Lipinski definition) is 6. The molecular formula is C27H30F2N5O2PS. The minimum atomic E-state index is -3.11. The van der Waals surface area contributed by atoms with E-state index in [4.69, 9.17) is 10.5 Å². The number of likely N-dealkylation sites (N-methyl/N-ethyl adjacent to an activating group) is 1. The molecule has 11 heteroatoms. The molecule has 4 aromatic rings. The lowest BCUT2D eigenvalue weighted by Gasteiger charge is -2.32. The van der Waals surface area contributed by atoms with Gasteiger partial charge in [-0.1, -0.05) is 39.6 Å². The van der Waals surface area contributed by atoms with Crippen LogP contribution in [0.2, 0.25) is 0 Å². The Morgan fingerprint density at radius 1 is 1.18 bits per heavy atom. The van der Waals surface area contributed by atoms with E-state index in [9.17, 15) is 13.6 Å². The zero-order valence-corrected chi connectivity index (χ0v) is 23.2. The number of nitrogens with two attached hydrogens (primary N) is 1. The number of halogens is 2. The summed E-state index contributed by atoms with van der Waals surface area (Å²) in [5, 5.41) is 0.699. The molecule has 5 rings (SSSR count). The van der Waals surface area contributed by atoms with Crippen molar-refractivity contribution in [2.24, 2.45) is 5.73 Å². The summed E-state index contributed by atoms with van der Waals surface area (Å²) in [5.41, 5.74) is 5.65. The number of piperazine rings is 1. The third-order valence-electron chi connectivity index (χ3n) is 6.82. The number of thiophene rings is 1. The summed E-state index contributed by atoms with van der Waals surface area (Å²) in [4.78, 5) is 21.8. The Labute approximate surface area is 226 Å². The van der Waals surface area contributed by atoms with Gasteiger partial charge >= 0.3 is 0 Å². The maximum absolute atomic E-state index is 14.2. The molecule has 2 aromatic carbocycles. The van der Waals surface area contributed by atoms with Gasteiger partial charge in [0.25, 0.3) is 11.6 Å². The molecule has 1 fully saturated rings. The molecule has 7 nitrogen and oxygen atoms in total. The van der Waals surface area contributed by atoms with Crippen LogP contribution in [0.1, 0.15) is 39.4 Å². The van der Waals surface area contributed by atoms with E-state index >= 15 is 0 Å². The maximum atomic E-state index is 14.2. The second-order valence-electron chi connectivity index (χ2n) is 9.63.